The molecule has 7 heteroatoms. The molecule has 4 rings (SSSR count). The average Bonchev–Trinajstić information content (AvgIpc) is 3.27. The number of thiazole rings is 1. The van der Waals surface area contributed by atoms with Crippen LogP contribution in [0.25, 0.3) is 10.2 Å². The van der Waals surface area contributed by atoms with E-state index >= 15 is 0 Å². The van der Waals surface area contributed by atoms with Crippen LogP contribution in [0.2, 0.25) is 0 Å². The molecule has 1 aliphatic rings. The number of hydrogen-bond donors (Lipinski definition) is 1. The van der Waals surface area contributed by atoms with E-state index in [2.05, 4.69) is 40.4 Å². The van der Waals surface area contributed by atoms with E-state index in [1.54, 1.807) is 28.4 Å². The maximum Gasteiger partial charge on any atom is 0.254 e. The molecule has 1 fully saturated rings. The fourth-order valence-corrected chi connectivity index (χ4v) is 4.42. The first-order valence-electron chi connectivity index (χ1n) is 9.06. The Morgan fingerprint density at radius 2 is 2.15 bits per heavy atom. The maximum absolute atomic E-state index is 12.3. The molecule has 26 heavy (non-hydrogen) atoms. The second kappa shape index (κ2) is 7.07. The molecule has 3 aromatic rings. The van der Waals surface area contributed by atoms with Crippen molar-refractivity contribution in [3.05, 3.63) is 41.7 Å². The van der Waals surface area contributed by atoms with E-state index in [0.717, 1.165) is 43.0 Å². The van der Waals surface area contributed by atoms with Crippen molar-refractivity contribution in [1.82, 2.24) is 20.1 Å². The molecule has 0 spiro atoms. The number of carbonyl (C=O) groups excluding carboxylic acids is 1. The third-order valence-corrected chi connectivity index (χ3v) is 6.00. The number of nitrogens with zero attached hydrogens (tertiary/aromatic N) is 4. The van der Waals surface area contributed by atoms with Gasteiger partial charge in [-0.1, -0.05) is 24.3 Å². The highest BCUT2D eigenvalue weighted by Gasteiger charge is 2.23. The van der Waals surface area contributed by atoms with Crippen molar-refractivity contribution in [2.75, 3.05) is 18.0 Å². The summed E-state index contributed by atoms with van der Waals surface area (Å²) in [5, 5.41) is 8.27. The Labute approximate surface area is 156 Å². The number of nitrogens with one attached hydrogen (secondary N) is 1. The summed E-state index contributed by atoms with van der Waals surface area (Å²) in [7, 11) is 1.82. The van der Waals surface area contributed by atoms with Crippen LogP contribution in [0.1, 0.15) is 35.7 Å². The molecule has 1 aromatic carbocycles. The first kappa shape index (κ1) is 17.0. The van der Waals surface area contributed by atoms with Crippen LogP contribution in [-0.2, 0) is 13.5 Å². The molecule has 1 aliphatic heterocycles. The molecule has 1 N–H and O–H groups in total. The molecule has 1 amide bonds. The number of rotatable bonds is 4. The Morgan fingerprint density at radius 1 is 1.35 bits per heavy atom. The molecule has 1 saturated heterocycles. The summed E-state index contributed by atoms with van der Waals surface area (Å²) in [5.41, 5.74) is 3.05. The smallest absolute Gasteiger partial charge is 0.254 e. The molecule has 2 aromatic heterocycles. The minimum absolute atomic E-state index is 0.0383. The maximum atomic E-state index is 12.3. The highest BCUT2D eigenvalue weighted by molar-refractivity contribution is 7.22. The van der Waals surface area contributed by atoms with Crippen molar-refractivity contribution in [2.24, 2.45) is 7.05 Å². The van der Waals surface area contributed by atoms with E-state index in [9.17, 15) is 4.79 Å². The quantitative estimate of drug-likeness (QED) is 0.768. The van der Waals surface area contributed by atoms with Crippen LogP contribution in [0.5, 0.6) is 0 Å². The Morgan fingerprint density at radius 3 is 2.85 bits per heavy atom. The summed E-state index contributed by atoms with van der Waals surface area (Å²) in [6, 6.07) is 6.73. The van der Waals surface area contributed by atoms with E-state index in [4.69, 9.17) is 4.98 Å². The first-order valence-corrected chi connectivity index (χ1v) is 9.88. The van der Waals surface area contributed by atoms with Crippen LogP contribution in [0.3, 0.4) is 0 Å². The van der Waals surface area contributed by atoms with Crippen LogP contribution >= 0.6 is 11.3 Å². The minimum Gasteiger partial charge on any atom is -0.349 e. The van der Waals surface area contributed by atoms with E-state index < -0.39 is 0 Å². The Hall–Kier alpha value is -2.41. The van der Waals surface area contributed by atoms with Gasteiger partial charge < -0.3 is 10.2 Å². The van der Waals surface area contributed by atoms with Crippen molar-refractivity contribution in [3.63, 3.8) is 0 Å². The monoisotopic (exact) mass is 369 g/mol. The van der Waals surface area contributed by atoms with Crippen molar-refractivity contribution in [1.29, 1.82) is 0 Å². The number of amides is 1. The van der Waals surface area contributed by atoms with Crippen LogP contribution in [0, 0.1) is 0 Å². The van der Waals surface area contributed by atoms with Gasteiger partial charge >= 0.3 is 0 Å². The number of hydrogen-bond acceptors (Lipinski definition) is 5. The van der Waals surface area contributed by atoms with Crippen LogP contribution in [-0.4, -0.2) is 39.8 Å². The zero-order chi connectivity index (χ0) is 18.1. The fraction of sp³-hybridized carbons (Fsp3) is 0.421. The van der Waals surface area contributed by atoms with Gasteiger partial charge in [-0.05, 0) is 37.0 Å². The molecule has 136 valence electrons. The van der Waals surface area contributed by atoms with Crippen molar-refractivity contribution in [2.45, 2.75) is 32.2 Å². The predicted octanol–water partition coefficient (Wildman–Crippen LogP) is 2.99. The SMILES string of the molecule is CCc1ccc2nc(N3CCC(NC(=O)c4cnn(C)c4)CC3)sc2c1. The summed E-state index contributed by atoms with van der Waals surface area (Å²) in [6.07, 6.45) is 6.27. The van der Waals surface area contributed by atoms with Crippen LogP contribution in [0.15, 0.2) is 30.6 Å². The zero-order valence-electron chi connectivity index (χ0n) is 15.1. The molecule has 0 radical (unpaired) electrons. The average molecular weight is 369 g/mol. The molecular formula is C19H23N5OS. The zero-order valence-corrected chi connectivity index (χ0v) is 15.9. The number of anilines is 1. The van der Waals surface area contributed by atoms with E-state index in [1.165, 1.54) is 10.3 Å². The highest BCUT2D eigenvalue weighted by atomic mass is 32.1. The largest absolute Gasteiger partial charge is 0.349 e. The van der Waals surface area contributed by atoms with Gasteiger partial charge in [0.05, 0.1) is 22.0 Å². The van der Waals surface area contributed by atoms with Gasteiger partial charge in [-0.15, -0.1) is 0 Å². The number of aromatic nitrogens is 3. The van der Waals surface area contributed by atoms with Crippen molar-refractivity contribution < 1.29 is 4.79 Å². The summed E-state index contributed by atoms with van der Waals surface area (Å²) in [4.78, 5) is 19.4. The number of piperidine rings is 1. The molecule has 0 atom stereocenters. The molecule has 0 unspecified atom stereocenters. The number of fused-ring (bicyclic) bond motifs is 1. The van der Waals surface area contributed by atoms with Gasteiger partial charge in [0, 0.05) is 32.4 Å². The van der Waals surface area contributed by atoms with Gasteiger partial charge in [-0.2, -0.15) is 5.10 Å². The molecule has 0 aliphatic carbocycles. The molecule has 0 saturated carbocycles. The molecular weight excluding hydrogens is 346 g/mol. The normalized spacial score (nSPS) is 15.5. The van der Waals surface area contributed by atoms with Crippen molar-refractivity contribution >= 4 is 32.6 Å². The topological polar surface area (TPSA) is 63.1 Å². The Bertz CT molecular complexity index is 923. The number of aryl methyl sites for hydroxylation is 2. The summed E-state index contributed by atoms with van der Waals surface area (Å²) in [5.74, 6) is -0.0383. The third kappa shape index (κ3) is 3.44. The number of benzene rings is 1. The first-order chi connectivity index (χ1) is 12.6. The van der Waals surface area contributed by atoms with Gasteiger partial charge in [0.2, 0.25) is 0 Å². The third-order valence-electron chi connectivity index (χ3n) is 4.92. The van der Waals surface area contributed by atoms with E-state index in [-0.39, 0.29) is 11.9 Å². The summed E-state index contributed by atoms with van der Waals surface area (Å²) < 4.78 is 2.90. The van der Waals surface area contributed by atoms with Gasteiger partial charge in [0.1, 0.15) is 0 Å². The second-order valence-corrected chi connectivity index (χ2v) is 7.80. The number of carbonyl (C=O) groups is 1. The van der Waals surface area contributed by atoms with E-state index in [0.29, 0.717) is 5.56 Å². The lowest BCUT2D eigenvalue weighted by Crippen LogP contribution is -2.44. The molecule has 0 bridgehead atoms. The Kier molecular flexibility index (Phi) is 4.63. The fourth-order valence-electron chi connectivity index (χ4n) is 3.33. The summed E-state index contributed by atoms with van der Waals surface area (Å²) in [6.45, 7) is 4.00. The second-order valence-electron chi connectivity index (χ2n) is 6.79. The van der Waals surface area contributed by atoms with Gasteiger partial charge in [0.25, 0.3) is 5.91 Å². The van der Waals surface area contributed by atoms with Crippen molar-refractivity contribution in [3.8, 4) is 0 Å². The molecule has 3 heterocycles. The lowest BCUT2D eigenvalue weighted by Gasteiger charge is -2.32. The highest BCUT2D eigenvalue weighted by Crippen LogP contribution is 2.31. The lowest BCUT2D eigenvalue weighted by molar-refractivity contribution is 0.0931. The Balaban J connectivity index is 1.38. The van der Waals surface area contributed by atoms with Crippen LogP contribution < -0.4 is 10.2 Å². The summed E-state index contributed by atoms with van der Waals surface area (Å²) >= 11 is 1.76. The predicted molar refractivity (Wildman–Crippen MR) is 105 cm³/mol. The van der Waals surface area contributed by atoms with Gasteiger partial charge in [-0.25, -0.2) is 4.98 Å². The van der Waals surface area contributed by atoms with Crippen LogP contribution in [0.4, 0.5) is 5.13 Å². The van der Waals surface area contributed by atoms with Gasteiger partial charge in [0.15, 0.2) is 5.13 Å². The standard InChI is InChI=1S/C19H23N5OS/c1-3-13-4-5-16-17(10-13)26-19(22-16)24-8-6-15(7-9-24)21-18(25)14-11-20-23(2)12-14/h4-5,10-12,15H,3,6-9H2,1-2H3,(H,21,25). The minimum atomic E-state index is -0.0383. The lowest BCUT2D eigenvalue weighted by atomic mass is 10.1. The van der Waals surface area contributed by atoms with Gasteiger partial charge in [-0.3, -0.25) is 9.48 Å². The molecule has 6 nitrogen and oxygen atoms in total. The van der Waals surface area contributed by atoms with E-state index in [1.807, 2.05) is 7.05 Å².